The topological polar surface area (TPSA) is 132 Å². The van der Waals surface area contributed by atoms with Gasteiger partial charge in [0.05, 0.1) is 36.8 Å². The SMILES string of the molecule is CCOC(=O)C1CCC=CCCCCN(C)C(=O)C2CC(Oc3cc(-c4csc(NC(C)C)n4)nc4cc(OC)ccc34)CC2C(=O)N1. The lowest BCUT2D eigenvalue weighted by Gasteiger charge is -2.25. The number of nitrogens with one attached hydrogen (secondary N) is 2. The van der Waals surface area contributed by atoms with Crippen molar-refractivity contribution in [3.8, 4) is 22.9 Å². The van der Waals surface area contributed by atoms with Crippen molar-refractivity contribution in [3.63, 3.8) is 0 Å². The number of aromatic nitrogens is 2. The number of hydrogen-bond acceptors (Lipinski definition) is 10. The van der Waals surface area contributed by atoms with Crippen LogP contribution in [0.1, 0.15) is 65.7 Å². The van der Waals surface area contributed by atoms with Crippen molar-refractivity contribution in [3.05, 3.63) is 41.8 Å². The van der Waals surface area contributed by atoms with Gasteiger partial charge in [0.25, 0.3) is 0 Å². The van der Waals surface area contributed by atoms with E-state index in [2.05, 4.69) is 30.6 Å². The van der Waals surface area contributed by atoms with Gasteiger partial charge in [-0.15, -0.1) is 11.3 Å². The van der Waals surface area contributed by atoms with Crippen LogP contribution >= 0.6 is 11.3 Å². The zero-order chi connectivity index (χ0) is 34.2. The molecule has 2 N–H and O–H groups in total. The molecule has 2 amide bonds. The number of ether oxygens (including phenoxy) is 3. The fraction of sp³-hybridized carbons (Fsp3) is 0.528. The van der Waals surface area contributed by atoms with Crippen LogP contribution in [-0.4, -0.2) is 78.1 Å². The van der Waals surface area contributed by atoms with E-state index < -0.39 is 30.0 Å². The second-order valence-electron chi connectivity index (χ2n) is 12.8. The van der Waals surface area contributed by atoms with Crippen LogP contribution < -0.4 is 20.1 Å². The molecule has 1 aliphatic heterocycles. The lowest BCUT2D eigenvalue weighted by molar-refractivity contribution is -0.148. The summed E-state index contributed by atoms with van der Waals surface area (Å²) < 4.78 is 17.5. The Kier molecular flexibility index (Phi) is 11.9. The van der Waals surface area contributed by atoms with Crippen LogP contribution in [-0.2, 0) is 19.1 Å². The second-order valence-corrected chi connectivity index (χ2v) is 13.6. The van der Waals surface area contributed by atoms with Gasteiger partial charge in [-0.1, -0.05) is 12.2 Å². The Bertz CT molecular complexity index is 1620. The van der Waals surface area contributed by atoms with Crippen molar-refractivity contribution in [2.75, 3.05) is 32.6 Å². The van der Waals surface area contributed by atoms with Gasteiger partial charge >= 0.3 is 5.97 Å². The third kappa shape index (κ3) is 8.63. The molecule has 0 radical (unpaired) electrons. The Morgan fingerprint density at radius 2 is 1.88 bits per heavy atom. The van der Waals surface area contributed by atoms with Crippen molar-refractivity contribution < 1.29 is 28.6 Å². The zero-order valence-corrected chi connectivity index (χ0v) is 29.3. The lowest BCUT2D eigenvalue weighted by Crippen LogP contribution is -2.47. The first-order valence-electron chi connectivity index (χ1n) is 16.9. The highest BCUT2D eigenvalue weighted by Crippen LogP contribution is 2.40. The molecule has 48 heavy (non-hydrogen) atoms. The first-order valence-corrected chi connectivity index (χ1v) is 17.8. The summed E-state index contributed by atoms with van der Waals surface area (Å²) in [6, 6.07) is 6.94. The number of hydrogen-bond donors (Lipinski definition) is 2. The molecule has 12 heteroatoms. The normalized spacial score (nSPS) is 22.5. The Balaban J connectivity index is 1.46. The van der Waals surface area contributed by atoms with Crippen molar-refractivity contribution >= 4 is 45.2 Å². The highest BCUT2D eigenvalue weighted by atomic mass is 32.1. The number of anilines is 1. The molecule has 0 saturated heterocycles. The number of benzene rings is 1. The van der Waals surface area contributed by atoms with Crippen LogP contribution in [0, 0.1) is 11.8 Å². The third-order valence-electron chi connectivity index (χ3n) is 8.79. The number of allylic oxidation sites excluding steroid dienone is 2. The molecule has 2 aliphatic rings. The van der Waals surface area contributed by atoms with Gasteiger partial charge < -0.3 is 29.7 Å². The van der Waals surface area contributed by atoms with Crippen LogP contribution in [0.5, 0.6) is 11.5 Å². The Morgan fingerprint density at radius 1 is 1.08 bits per heavy atom. The Hall–Kier alpha value is -4.19. The minimum absolute atomic E-state index is 0.0861. The lowest BCUT2D eigenvalue weighted by atomic mass is 9.93. The van der Waals surface area contributed by atoms with E-state index >= 15 is 0 Å². The van der Waals surface area contributed by atoms with Crippen LogP contribution in [0.25, 0.3) is 22.3 Å². The quantitative estimate of drug-likeness (QED) is 0.218. The molecule has 1 saturated carbocycles. The number of pyridine rings is 1. The number of carbonyl (C=O) groups excluding carboxylic acids is 3. The average molecular weight is 678 g/mol. The maximum atomic E-state index is 13.9. The number of carbonyl (C=O) groups is 3. The monoisotopic (exact) mass is 677 g/mol. The third-order valence-corrected chi connectivity index (χ3v) is 9.57. The van der Waals surface area contributed by atoms with Gasteiger partial charge in [0.15, 0.2) is 5.13 Å². The molecule has 11 nitrogen and oxygen atoms in total. The largest absolute Gasteiger partial charge is 0.497 e. The molecule has 0 spiro atoms. The van der Waals surface area contributed by atoms with Crippen molar-refractivity contribution in [2.45, 2.75) is 83.9 Å². The molecule has 4 unspecified atom stereocenters. The van der Waals surface area contributed by atoms with Gasteiger partial charge in [-0.2, -0.15) is 0 Å². The van der Waals surface area contributed by atoms with Gasteiger partial charge in [0.1, 0.15) is 29.3 Å². The first kappa shape index (κ1) is 35.1. The van der Waals surface area contributed by atoms with E-state index in [4.69, 9.17) is 24.2 Å². The standard InChI is InChI=1S/C36H47N5O6S/c1-6-46-35(44)28-13-11-9-7-8-10-12-16-41(4)34(43)27-18-24(17-26(27)33(42)39-28)47-32-20-30(31-21-48-36(40-31)37-22(2)3)38-29-19-23(45-5)14-15-25(29)32/h7,9,14-15,19-22,24,26-28H,6,8,10-13,16-18H2,1-5H3,(H,37,40)(H,39,42). The number of nitrogens with zero attached hydrogens (tertiary/aromatic N) is 3. The number of thiazole rings is 1. The van der Waals surface area contributed by atoms with Gasteiger partial charge in [0.2, 0.25) is 11.8 Å². The first-order chi connectivity index (χ1) is 23.2. The maximum absolute atomic E-state index is 13.9. The number of methoxy groups -OCH3 is 1. The molecule has 5 rings (SSSR count). The minimum Gasteiger partial charge on any atom is -0.497 e. The summed E-state index contributed by atoms with van der Waals surface area (Å²) in [6.45, 7) is 6.69. The van der Waals surface area contributed by atoms with Gasteiger partial charge in [-0.25, -0.2) is 14.8 Å². The van der Waals surface area contributed by atoms with Gasteiger partial charge in [-0.05, 0) is 77.8 Å². The maximum Gasteiger partial charge on any atom is 0.328 e. The summed E-state index contributed by atoms with van der Waals surface area (Å²) in [4.78, 5) is 52.0. The number of rotatable bonds is 8. The smallest absolute Gasteiger partial charge is 0.328 e. The van der Waals surface area contributed by atoms with E-state index in [1.54, 1.807) is 26.0 Å². The second kappa shape index (κ2) is 16.3. The molecule has 3 aromatic rings. The molecule has 2 aromatic heterocycles. The molecule has 4 atom stereocenters. The zero-order valence-electron chi connectivity index (χ0n) is 28.5. The summed E-state index contributed by atoms with van der Waals surface area (Å²) in [5, 5.41) is 9.82. The van der Waals surface area contributed by atoms with Gasteiger partial charge in [-0.3, -0.25) is 9.59 Å². The van der Waals surface area contributed by atoms with E-state index in [0.717, 1.165) is 29.8 Å². The predicted molar refractivity (Wildman–Crippen MR) is 187 cm³/mol. The van der Waals surface area contributed by atoms with E-state index in [9.17, 15) is 14.4 Å². The molecular weight excluding hydrogens is 630 g/mol. The van der Waals surface area contributed by atoms with Crippen LogP contribution in [0.2, 0.25) is 0 Å². The van der Waals surface area contributed by atoms with Crippen LogP contribution in [0.4, 0.5) is 5.13 Å². The van der Waals surface area contributed by atoms with E-state index in [1.807, 2.05) is 35.7 Å². The molecule has 1 fully saturated rings. The summed E-state index contributed by atoms with van der Waals surface area (Å²) in [7, 11) is 3.41. The summed E-state index contributed by atoms with van der Waals surface area (Å²) in [6.07, 6.45) is 8.16. The molecule has 1 aromatic carbocycles. The molecule has 258 valence electrons. The van der Waals surface area contributed by atoms with E-state index in [-0.39, 0.29) is 24.5 Å². The highest BCUT2D eigenvalue weighted by molar-refractivity contribution is 7.14. The Morgan fingerprint density at radius 3 is 2.65 bits per heavy atom. The van der Waals surface area contributed by atoms with Crippen molar-refractivity contribution in [2.24, 2.45) is 11.8 Å². The minimum atomic E-state index is -0.796. The number of amides is 2. The fourth-order valence-electron chi connectivity index (χ4n) is 6.34. The highest BCUT2D eigenvalue weighted by Gasteiger charge is 2.45. The summed E-state index contributed by atoms with van der Waals surface area (Å²) in [5.74, 6) is -0.890. The number of esters is 1. The van der Waals surface area contributed by atoms with Crippen molar-refractivity contribution in [1.82, 2.24) is 20.2 Å². The van der Waals surface area contributed by atoms with E-state index in [1.165, 1.54) is 11.3 Å². The molecule has 0 bridgehead atoms. The van der Waals surface area contributed by atoms with Gasteiger partial charge in [0, 0.05) is 42.5 Å². The van der Waals surface area contributed by atoms with Crippen molar-refractivity contribution in [1.29, 1.82) is 0 Å². The molecule has 1 aliphatic carbocycles. The van der Waals surface area contributed by atoms with Crippen LogP contribution in [0.3, 0.4) is 0 Å². The average Bonchev–Trinajstić information content (AvgIpc) is 3.71. The van der Waals surface area contributed by atoms with E-state index in [0.29, 0.717) is 60.6 Å². The fourth-order valence-corrected chi connectivity index (χ4v) is 7.19. The predicted octanol–water partition coefficient (Wildman–Crippen LogP) is 5.99. The summed E-state index contributed by atoms with van der Waals surface area (Å²) >= 11 is 1.51. The molecular formula is C36H47N5O6S. The van der Waals surface area contributed by atoms with Crippen LogP contribution in [0.15, 0.2) is 41.8 Å². The summed E-state index contributed by atoms with van der Waals surface area (Å²) in [5.41, 5.74) is 2.04. The Labute approximate surface area is 286 Å². The number of fused-ring (bicyclic) bond motifs is 2. The molecule has 3 heterocycles.